The molecule has 1 aliphatic rings. The van der Waals surface area contributed by atoms with Crippen LogP contribution < -0.4 is 0 Å². The summed E-state index contributed by atoms with van der Waals surface area (Å²) in [5, 5.41) is 0. The molecular formula is C13H20O7. The number of hydrogen-bond donors (Lipinski definition) is 0. The highest BCUT2D eigenvalue weighted by molar-refractivity contribution is 5.68. The van der Waals surface area contributed by atoms with Crippen LogP contribution in [0.2, 0.25) is 0 Å². The maximum Gasteiger partial charge on any atom is 0.303 e. The molecule has 0 aromatic carbocycles. The highest BCUT2D eigenvalue weighted by atomic mass is 16.6. The van der Waals surface area contributed by atoms with Gasteiger partial charge < -0.3 is 18.9 Å². The second-order valence-electron chi connectivity index (χ2n) is 4.77. The molecule has 0 radical (unpaired) electrons. The van der Waals surface area contributed by atoms with Crippen LogP contribution in [0, 0.1) is 0 Å². The molecule has 0 N–H and O–H groups in total. The molecule has 0 bridgehead atoms. The van der Waals surface area contributed by atoms with E-state index >= 15 is 0 Å². The Morgan fingerprint density at radius 2 is 1.00 bits per heavy atom. The van der Waals surface area contributed by atoms with Crippen LogP contribution in [0.25, 0.3) is 0 Å². The maximum atomic E-state index is 11.2. The molecule has 7 heteroatoms. The Labute approximate surface area is 117 Å². The minimum Gasteiger partial charge on any atom is -0.456 e. The van der Waals surface area contributed by atoms with Gasteiger partial charge in [-0.05, 0) is 13.8 Å². The third-order valence-electron chi connectivity index (χ3n) is 2.91. The van der Waals surface area contributed by atoms with Crippen LogP contribution in [0.5, 0.6) is 0 Å². The monoisotopic (exact) mass is 288 g/mol. The van der Waals surface area contributed by atoms with Crippen LogP contribution >= 0.6 is 0 Å². The summed E-state index contributed by atoms with van der Waals surface area (Å²) < 4.78 is 21.1. The average molecular weight is 288 g/mol. The lowest BCUT2D eigenvalue weighted by Crippen LogP contribution is -2.59. The molecule has 0 spiro atoms. The van der Waals surface area contributed by atoms with E-state index in [1.54, 1.807) is 13.8 Å². The fraction of sp³-hybridized carbons (Fsp3) is 0.769. The van der Waals surface area contributed by atoms with E-state index < -0.39 is 48.4 Å². The van der Waals surface area contributed by atoms with E-state index in [1.165, 1.54) is 20.8 Å². The first kappa shape index (κ1) is 16.4. The summed E-state index contributed by atoms with van der Waals surface area (Å²) in [7, 11) is 0. The molecule has 1 heterocycles. The molecule has 7 nitrogen and oxygen atoms in total. The fourth-order valence-electron chi connectivity index (χ4n) is 2.25. The van der Waals surface area contributed by atoms with Gasteiger partial charge in [-0.1, -0.05) is 0 Å². The first-order valence-electron chi connectivity index (χ1n) is 6.39. The normalized spacial score (nSPS) is 33.1. The SMILES string of the molecule is CC(=O)OC1[C@@H](OC(C)=O)C(C)O[C@@H](C)[C@H]1OC(C)=O. The van der Waals surface area contributed by atoms with Crippen molar-refractivity contribution in [2.45, 2.75) is 65.1 Å². The predicted octanol–water partition coefficient (Wildman–Crippen LogP) is 0.589. The summed E-state index contributed by atoms with van der Waals surface area (Å²) >= 11 is 0. The van der Waals surface area contributed by atoms with Gasteiger partial charge in [-0.15, -0.1) is 0 Å². The molecule has 0 saturated carbocycles. The molecule has 0 aliphatic carbocycles. The molecule has 0 amide bonds. The first-order valence-corrected chi connectivity index (χ1v) is 6.39. The van der Waals surface area contributed by atoms with Gasteiger partial charge in [0.05, 0.1) is 12.2 Å². The second kappa shape index (κ2) is 6.69. The zero-order valence-electron chi connectivity index (χ0n) is 12.2. The summed E-state index contributed by atoms with van der Waals surface area (Å²) in [6, 6.07) is 0. The van der Waals surface area contributed by atoms with E-state index in [4.69, 9.17) is 18.9 Å². The minimum atomic E-state index is -0.890. The Balaban J connectivity index is 3.01. The minimum absolute atomic E-state index is 0.481. The molecule has 1 fully saturated rings. The molecule has 1 saturated heterocycles. The van der Waals surface area contributed by atoms with Gasteiger partial charge in [-0.2, -0.15) is 0 Å². The smallest absolute Gasteiger partial charge is 0.303 e. The van der Waals surface area contributed by atoms with Crippen molar-refractivity contribution in [3.05, 3.63) is 0 Å². The highest BCUT2D eigenvalue weighted by Gasteiger charge is 2.48. The van der Waals surface area contributed by atoms with Crippen LogP contribution in [0.4, 0.5) is 0 Å². The van der Waals surface area contributed by atoms with Gasteiger partial charge in [0.25, 0.3) is 0 Å². The van der Waals surface area contributed by atoms with Crippen molar-refractivity contribution in [3.63, 3.8) is 0 Å². The lowest BCUT2D eigenvalue weighted by molar-refractivity contribution is -0.240. The highest BCUT2D eigenvalue weighted by Crippen LogP contribution is 2.28. The van der Waals surface area contributed by atoms with Crippen molar-refractivity contribution in [1.29, 1.82) is 0 Å². The zero-order valence-corrected chi connectivity index (χ0v) is 12.2. The second-order valence-corrected chi connectivity index (χ2v) is 4.77. The zero-order chi connectivity index (χ0) is 15.4. The molecule has 114 valence electrons. The van der Waals surface area contributed by atoms with Crippen LogP contribution in [0.15, 0.2) is 0 Å². The van der Waals surface area contributed by atoms with E-state index in [0.29, 0.717) is 0 Å². The van der Waals surface area contributed by atoms with E-state index in [2.05, 4.69) is 0 Å². The number of carbonyl (C=O) groups is 3. The topological polar surface area (TPSA) is 88.1 Å². The Morgan fingerprint density at radius 1 is 0.700 bits per heavy atom. The molecule has 1 rings (SSSR count). The number of esters is 3. The number of ether oxygens (including phenoxy) is 4. The number of carbonyl (C=O) groups excluding carboxylic acids is 3. The van der Waals surface area contributed by atoms with Crippen molar-refractivity contribution in [2.24, 2.45) is 0 Å². The fourth-order valence-corrected chi connectivity index (χ4v) is 2.25. The van der Waals surface area contributed by atoms with Crippen molar-refractivity contribution in [1.82, 2.24) is 0 Å². The van der Waals surface area contributed by atoms with E-state index in [1.807, 2.05) is 0 Å². The van der Waals surface area contributed by atoms with Crippen LogP contribution in [0.1, 0.15) is 34.6 Å². The van der Waals surface area contributed by atoms with E-state index in [-0.39, 0.29) is 0 Å². The van der Waals surface area contributed by atoms with Gasteiger partial charge in [-0.3, -0.25) is 14.4 Å². The number of rotatable bonds is 3. The Morgan fingerprint density at radius 3 is 1.30 bits per heavy atom. The summed E-state index contributed by atoms with van der Waals surface area (Å²) in [5.41, 5.74) is 0. The summed E-state index contributed by atoms with van der Waals surface area (Å²) in [6.45, 7) is 7.13. The molecule has 20 heavy (non-hydrogen) atoms. The van der Waals surface area contributed by atoms with Gasteiger partial charge in [0.2, 0.25) is 0 Å². The van der Waals surface area contributed by atoms with Crippen molar-refractivity contribution in [2.75, 3.05) is 0 Å². The van der Waals surface area contributed by atoms with Crippen LogP contribution in [-0.4, -0.2) is 48.4 Å². The standard InChI is InChI=1S/C13H20O7/c1-6-11(18-8(3)14)13(20-10(5)16)12(7(2)17-6)19-9(4)15/h6-7,11-13H,1-5H3/t6-,7?,11+,12-,13?/m0/s1. The largest absolute Gasteiger partial charge is 0.456 e. The van der Waals surface area contributed by atoms with Gasteiger partial charge in [0, 0.05) is 20.8 Å². The molecule has 0 aromatic heterocycles. The van der Waals surface area contributed by atoms with Gasteiger partial charge in [0.1, 0.15) is 0 Å². The molecule has 1 aliphatic heterocycles. The van der Waals surface area contributed by atoms with Gasteiger partial charge in [-0.25, -0.2) is 0 Å². The number of hydrogen-bond acceptors (Lipinski definition) is 7. The lowest BCUT2D eigenvalue weighted by atomic mass is 9.95. The summed E-state index contributed by atoms with van der Waals surface area (Å²) in [4.78, 5) is 33.6. The lowest BCUT2D eigenvalue weighted by Gasteiger charge is -2.42. The van der Waals surface area contributed by atoms with Crippen molar-refractivity contribution >= 4 is 17.9 Å². The Hall–Kier alpha value is -1.63. The molecule has 0 aromatic rings. The van der Waals surface area contributed by atoms with Crippen LogP contribution in [-0.2, 0) is 33.3 Å². The van der Waals surface area contributed by atoms with E-state index in [9.17, 15) is 14.4 Å². The van der Waals surface area contributed by atoms with Gasteiger partial charge >= 0.3 is 17.9 Å². The first-order chi connectivity index (χ1) is 9.22. The Bertz CT molecular complexity index is 364. The quantitative estimate of drug-likeness (QED) is 0.554. The summed E-state index contributed by atoms with van der Waals surface area (Å²) in [6.07, 6.45) is -3.50. The maximum absolute atomic E-state index is 11.2. The van der Waals surface area contributed by atoms with Crippen LogP contribution in [0.3, 0.4) is 0 Å². The van der Waals surface area contributed by atoms with Gasteiger partial charge in [0.15, 0.2) is 18.3 Å². The average Bonchev–Trinajstić information content (AvgIpc) is 2.27. The molecule has 2 unspecified atom stereocenters. The Kier molecular flexibility index (Phi) is 5.50. The third-order valence-corrected chi connectivity index (χ3v) is 2.91. The predicted molar refractivity (Wildman–Crippen MR) is 66.7 cm³/mol. The third kappa shape index (κ3) is 4.19. The molecular weight excluding hydrogens is 268 g/mol. The van der Waals surface area contributed by atoms with E-state index in [0.717, 1.165) is 0 Å². The molecule has 5 atom stereocenters. The van der Waals surface area contributed by atoms with Crippen molar-refractivity contribution in [3.8, 4) is 0 Å². The summed E-state index contributed by atoms with van der Waals surface area (Å²) in [5.74, 6) is -1.61. The van der Waals surface area contributed by atoms with Crippen molar-refractivity contribution < 1.29 is 33.3 Å².